The van der Waals surface area contributed by atoms with Gasteiger partial charge in [-0.25, -0.2) is 8.42 Å². The lowest BCUT2D eigenvalue weighted by Gasteiger charge is -2.15. The van der Waals surface area contributed by atoms with Crippen molar-refractivity contribution >= 4 is 27.5 Å². The van der Waals surface area contributed by atoms with Gasteiger partial charge in [-0.15, -0.1) is 0 Å². The van der Waals surface area contributed by atoms with E-state index in [1.807, 2.05) is 0 Å². The van der Waals surface area contributed by atoms with Crippen molar-refractivity contribution in [1.82, 2.24) is 9.62 Å². The number of hydrogen-bond acceptors (Lipinski definition) is 4. The van der Waals surface area contributed by atoms with Crippen molar-refractivity contribution in [2.75, 3.05) is 18.4 Å². The fourth-order valence-electron chi connectivity index (χ4n) is 3.62. The Labute approximate surface area is 182 Å². The minimum atomic E-state index is -3.42. The summed E-state index contributed by atoms with van der Waals surface area (Å²) in [6, 6.07) is 13.9. The normalized spacial score (nSPS) is 16.8. The maximum absolute atomic E-state index is 12.6. The molecule has 2 aromatic rings. The summed E-state index contributed by atoms with van der Waals surface area (Å²) in [6.45, 7) is 1.15. The van der Waals surface area contributed by atoms with Gasteiger partial charge in [0.2, 0.25) is 15.9 Å². The topological polar surface area (TPSA) is 95.6 Å². The number of anilines is 1. The SMILES string of the molecule is O=C(CCc1ccc(S(=O)(=O)N2CCCC2)cc1)Nc1cccc(C(=O)NC2CC2)c1. The second kappa shape index (κ2) is 9.20. The fraction of sp³-hybridized carbons (Fsp3) is 0.391. The van der Waals surface area contributed by atoms with Gasteiger partial charge in [0.25, 0.3) is 5.91 Å². The summed E-state index contributed by atoms with van der Waals surface area (Å²) < 4.78 is 26.7. The highest BCUT2D eigenvalue weighted by Gasteiger charge is 2.27. The van der Waals surface area contributed by atoms with Gasteiger partial charge in [0.05, 0.1) is 4.90 Å². The van der Waals surface area contributed by atoms with Gasteiger partial charge >= 0.3 is 0 Å². The first kappa shape index (κ1) is 21.5. The molecule has 1 saturated heterocycles. The predicted molar refractivity (Wildman–Crippen MR) is 118 cm³/mol. The average molecular weight is 442 g/mol. The number of carbonyl (C=O) groups excluding carboxylic acids is 2. The zero-order chi connectivity index (χ0) is 21.8. The highest BCUT2D eigenvalue weighted by molar-refractivity contribution is 7.89. The number of sulfonamides is 1. The number of nitrogens with one attached hydrogen (secondary N) is 2. The molecule has 2 N–H and O–H groups in total. The molecule has 0 unspecified atom stereocenters. The largest absolute Gasteiger partial charge is 0.349 e. The van der Waals surface area contributed by atoms with Crippen LogP contribution in [0.4, 0.5) is 5.69 Å². The summed E-state index contributed by atoms with van der Waals surface area (Å²) in [5.41, 5.74) is 2.01. The lowest BCUT2D eigenvalue weighted by atomic mass is 10.1. The maximum Gasteiger partial charge on any atom is 0.251 e. The summed E-state index contributed by atoms with van der Waals surface area (Å²) in [6.07, 6.45) is 4.61. The molecule has 1 aliphatic heterocycles. The summed E-state index contributed by atoms with van der Waals surface area (Å²) in [7, 11) is -3.42. The van der Waals surface area contributed by atoms with E-state index in [0.29, 0.717) is 35.7 Å². The predicted octanol–water partition coefficient (Wildman–Crippen LogP) is 2.93. The van der Waals surface area contributed by atoms with E-state index in [4.69, 9.17) is 0 Å². The van der Waals surface area contributed by atoms with Gasteiger partial charge in [0.1, 0.15) is 0 Å². The first-order valence-corrected chi connectivity index (χ1v) is 12.2. The van der Waals surface area contributed by atoms with Crippen LogP contribution >= 0.6 is 0 Å². The molecule has 2 aliphatic rings. The zero-order valence-corrected chi connectivity index (χ0v) is 18.2. The third-order valence-corrected chi connectivity index (χ3v) is 7.50. The number of carbonyl (C=O) groups is 2. The van der Waals surface area contributed by atoms with Crippen molar-refractivity contribution < 1.29 is 18.0 Å². The molecule has 0 aromatic heterocycles. The fourth-order valence-corrected chi connectivity index (χ4v) is 5.14. The van der Waals surface area contributed by atoms with Crippen LogP contribution in [0.5, 0.6) is 0 Å². The number of rotatable bonds is 8. The molecular weight excluding hydrogens is 414 g/mol. The smallest absolute Gasteiger partial charge is 0.251 e. The van der Waals surface area contributed by atoms with E-state index in [9.17, 15) is 18.0 Å². The molecule has 0 atom stereocenters. The van der Waals surface area contributed by atoms with Crippen LogP contribution < -0.4 is 10.6 Å². The third kappa shape index (κ3) is 5.51. The second-order valence-electron chi connectivity index (χ2n) is 8.13. The summed E-state index contributed by atoms with van der Waals surface area (Å²) in [5, 5.41) is 5.76. The molecule has 8 heteroatoms. The standard InChI is InChI=1S/C23H27N3O4S/c27-22(24-20-5-3-4-18(16-20)23(28)25-19-9-10-19)13-8-17-6-11-21(12-7-17)31(29,30)26-14-1-2-15-26/h3-7,11-12,16,19H,1-2,8-10,13-15H2,(H,24,27)(H,25,28). The van der Waals surface area contributed by atoms with Crippen molar-refractivity contribution in [3.8, 4) is 0 Å². The van der Waals surface area contributed by atoms with Crippen LogP contribution in [-0.4, -0.2) is 43.7 Å². The van der Waals surface area contributed by atoms with Gasteiger partial charge in [-0.1, -0.05) is 18.2 Å². The number of benzene rings is 2. The Balaban J connectivity index is 1.30. The van der Waals surface area contributed by atoms with E-state index in [1.54, 1.807) is 48.5 Å². The molecule has 1 saturated carbocycles. The van der Waals surface area contributed by atoms with Crippen LogP contribution in [-0.2, 0) is 21.2 Å². The van der Waals surface area contributed by atoms with Gasteiger partial charge in [0, 0.05) is 36.8 Å². The Morgan fingerprint density at radius 2 is 1.71 bits per heavy atom. The molecule has 2 aromatic carbocycles. The van der Waals surface area contributed by atoms with Crippen LogP contribution in [0.15, 0.2) is 53.4 Å². The van der Waals surface area contributed by atoms with Crippen molar-refractivity contribution in [3.63, 3.8) is 0 Å². The average Bonchev–Trinajstić information content (AvgIpc) is 3.39. The summed E-state index contributed by atoms with van der Waals surface area (Å²) in [5.74, 6) is -0.281. The van der Waals surface area contributed by atoms with E-state index < -0.39 is 10.0 Å². The van der Waals surface area contributed by atoms with Crippen LogP contribution in [0.1, 0.15) is 48.0 Å². The van der Waals surface area contributed by atoms with E-state index in [0.717, 1.165) is 31.2 Å². The molecule has 4 rings (SSSR count). The van der Waals surface area contributed by atoms with Crippen LogP contribution in [0.3, 0.4) is 0 Å². The number of nitrogens with zero attached hydrogens (tertiary/aromatic N) is 1. The monoisotopic (exact) mass is 441 g/mol. The van der Waals surface area contributed by atoms with Gasteiger partial charge in [-0.05, 0) is 68.0 Å². The molecule has 2 fully saturated rings. The highest BCUT2D eigenvalue weighted by Crippen LogP contribution is 2.22. The zero-order valence-electron chi connectivity index (χ0n) is 17.3. The van der Waals surface area contributed by atoms with Crippen molar-refractivity contribution in [2.24, 2.45) is 0 Å². The van der Waals surface area contributed by atoms with E-state index >= 15 is 0 Å². The van der Waals surface area contributed by atoms with Crippen LogP contribution in [0.25, 0.3) is 0 Å². The first-order valence-electron chi connectivity index (χ1n) is 10.7. The van der Waals surface area contributed by atoms with E-state index in [-0.39, 0.29) is 24.3 Å². The molecule has 1 heterocycles. The summed E-state index contributed by atoms with van der Waals surface area (Å²) in [4.78, 5) is 24.8. The molecular formula is C23H27N3O4S. The molecule has 0 bridgehead atoms. The van der Waals surface area contributed by atoms with Crippen molar-refractivity contribution in [1.29, 1.82) is 0 Å². The minimum Gasteiger partial charge on any atom is -0.349 e. The van der Waals surface area contributed by atoms with Gasteiger partial charge in [0.15, 0.2) is 0 Å². The summed E-state index contributed by atoms with van der Waals surface area (Å²) >= 11 is 0. The van der Waals surface area contributed by atoms with Crippen molar-refractivity contribution in [3.05, 3.63) is 59.7 Å². The lowest BCUT2D eigenvalue weighted by molar-refractivity contribution is -0.116. The highest BCUT2D eigenvalue weighted by atomic mass is 32.2. The maximum atomic E-state index is 12.6. The molecule has 7 nitrogen and oxygen atoms in total. The Bertz CT molecular complexity index is 1060. The molecule has 2 amide bonds. The first-order chi connectivity index (χ1) is 14.9. The number of aryl methyl sites for hydroxylation is 1. The minimum absolute atomic E-state index is 0.123. The molecule has 31 heavy (non-hydrogen) atoms. The third-order valence-electron chi connectivity index (χ3n) is 5.59. The molecule has 0 radical (unpaired) electrons. The van der Waals surface area contributed by atoms with Gasteiger partial charge in [-0.3, -0.25) is 9.59 Å². The number of amides is 2. The Morgan fingerprint density at radius 3 is 2.39 bits per heavy atom. The van der Waals surface area contributed by atoms with E-state index in [1.165, 1.54) is 4.31 Å². The molecule has 0 spiro atoms. The number of hydrogen-bond donors (Lipinski definition) is 2. The van der Waals surface area contributed by atoms with E-state index in [2.05, 4.69) is 10.6 Å². The van der Waals surface area contributed by atoms with Crippen LogP contribution in [0, 0.1) is 0 Å². The quantitative estimate of drug-likeness (QED) is 0.658. The Kier molecular flexibility index (Phi) is 6.38. The molecule has 1 aliphatic carbocycles. The van der Waals surface area contributed by atoms with Crippen LogP contribution in [0.2, 0.25) is 0 Å². The lowest BCUT2D eigenvalue weighted by Crippen LogP contribution is -2.27. The van der Waals surface area contributed by atoms with Gasteiger partial charge < -0.3 is 10.6 Å². The Hall–Kier alpha value is -2.71. The van der Waals surface area contributed by atoms with Gasteiger partial charge in [-0.2, -0.15) is 4.31 Å². The van der Waals surface area contributed by atoms with Crippen molar-refractivity contribution in [2.45, 2.75) is 49.5 Å². The Morgan fingerprint density at radius 1 is 1.00 bits per heavy atom. The molecule has 164 valence electrons. The second-order valence-corrected chi connectivity index (χ2v) is 10.1.